The van der Waals surface area contributed by atoms with Gasteiger partial charge in [-0.3, -0.25) is 4.68 Å². The van der Waals surface area contributed by atoms with E-state index in [-0.39, 0.29) is 5.82 Å². The lowest BCUT2D eigenvalue weighted by molar-refractivity contribution is 0.619. The molecule has 0 aliphatic carbocycles. The maximum absolute atomic E-state index is 13.3. The largest absolute Gasteiger partial charge is 0.355 e. The van der Waals surface area contributed by atoms with E-state index in [1.807, 2.05) is 36.0 Å². The van der Waals surface area contributed by atoms with Crippen molar-refractivity contribution in [2.75, 3.05) is 5.32 Å². The van der Waals surface area contributed by atoms with Gasteiger partial charge in [0.05, 0.1) is 16.4 Å². The van der Waals surface area contributed by atoms with Crippen molar-refractivity contribution in [3.8, 4) is 11.3 Å². The predicted molar refractivity (Wildman–Crippen MR) is 90.8 cm³/mol. The third-order valence-electron chi connectivity index (χ3n) is 3.48. The van der Waals surface area contributed by atoms with Crippen LogP contribution >= 0.6 is 15.9 Å². The summed E-state index contributed by atoms with van der Waals surface area (Å²) in [4.78, 5) is 0. The van der Waals surface area contributed by atoms with E-state index >= 15 is 0 Å². The normalized spacial score (nSPS) is 10.7. The number of aromatic nitrogens is 2. The average Bonchev–Trinajstić information content (AvgIpc) is 2.82. The van der Waals surface area contributed by atoms with Gasteiger partial charge in [-0.15, -0.1) is 0 Å². The number of anilines is 2. The second kappa shape index (κ2) is 5.93. The Balaban J connectivity index is 1.93. The predicted octanol–water partition coefficient (Wildman–Crippen LogP) is 5.04. The van der Waals surface area contributed by atoms with Crippen LogP contribution in [0.3, 0.4) is 0 Å². The molecule has 0 unspecified atom stereocenters. The van der Waals surface area contributed by atoms with Gasteiger partial charge in [0.15, 0.2) is 0 Å². The Morgan fingerprint density at radius 2 is 1.91 bits per heavy atom. The molecule has 1 heterocycles. The van der Waals surface area contributed by atoms with Crippen LogP contribution in [0.1, 0.15) is 5.56 Å². The molecule has 1 aromatic heterocycles. The molecule has 0 aliphatic heterocycles. The summed E-state index contributed by atoms with van der Waals surface area (Å²) in [7, 11) is 1.91. The molecular formula is C17H15BrFN3. The summed E-state index contributed by atoms with van der Waals surface area (Å²) in [6, 6.07) is 13.0. The summed E-state index contributed by atoms with van der Waals surface area (Å²) in [6.45, 7) is 1.75. The molecule has 0 radical (unpaired) electrons. The van der Waals surface area contributed by atoms with Gasteiger partial charge in [-0.25, -0.2) is 4.39 Å². The van der Waals surface area contributed by atoms with Crippen molar-refractivity contribution in [1.29, 1.82) is 0 Å². The highest BCUT2D eigenvalue weighted by atomic mass is 79.9. The minimum Gasteiger partial charge on any atom is -0.355 e. The van der Waals surface area contributed by atoms with Crippen molar-refractivity contribution in [3.63, 3.8) is 0 Å². The molecule has 5 heteroatoms. The summed E-state index contributed by atoms with van der Waals surface area (Å²) < 4.78 is 16.1. The van der Waals surface area contributed by atoms with Crippen LogP contribution in [0.2, 0.25) is 0 Å². The second-order valence-electron chi connectivity index (χ2n) is 5.13. The van der Waals surface area contributed by atoms with E-state index in [0.29, 0.717) is 5.56 Å². The first kappa shape index (κ1) is 14.8. The molecule has 0 aliphatic rings. The second-order valence-corrected chi connectivity index (χ2v) is 5.99. The molecule has 22 heavy (non-hydrogen) atoms. The van der Waals surface area contributed by atoms with Gasteiger partial charge in [0.1, 0.15) is 5.82 Å². The zero-order valence-electron chi connectivity index (χ0n) is 12.3. The van der Waals surface area contributed by atoms with E-state index in [1.165, 1.54) is 6.07 Å². The van der Waals surface area contributed by atoms with Crippen molar-refractivity contribution in [2.24, 2.45) is 7.05 Å². The highest BCUT2D eigenvalue weighted by Crippen LogP contribution is 2.30. The monoisotopic (exact) mass is 359 g/mol. The summed E-state index contributed by atoms with van der Waals surface area (Å²) in [5, 5.41) is 7.54. The fourth-order valence-electron chi connectivity index (χ4n) is 2.37. The molecule has 3 aromatic rings. The first-order chi connectivity index (χ1) is 10.5. The Hall–Kier alpha value is -2.14. The number of hydrogen-bond acceptors (Lipinski definition) is 2. The Kier molecular flexibility index (Phi) is 3.98. The van der Waals surface area contributed by atoms with Gasteiger partial charge in [0.2, 0.25) is 0 Å². The Morgan fingerprint density at radius 1 is 1.14 bits per heavy atom. The van der Waals surface area contributed by atoms with Crippen molar-refractivity contribution < 1.29 is 4.39 Å². The van der Waals surface area contributed by atoms with Crippen LogP contribution < -0.4 is 5.32 Å². The molecule has 0 atom stereocenters. The van der Waals surface area contributed by atoms with Crippen molar-refractivity contribution in [2.45, 2.75) is 6.92 Å². The van der Waals surface area contributed by atoms with Gasteiger partial charge in [-0.1, -0.05) is 12.1 Å². The van der Waals surface area contributed by atoms with E-state index in [9.17, 15) is 4.39 Å². The quantitative estimate of drug-likeness (QED) is 0.709. The van der Waals surface area contributed by atoms with Crippen LogP contribution in [0.4, 0.5) is 15.8 Å². The molecular weight excluding hydrogens is 345 g/mol. The van der Waals surface area contributed by atoms with E-state index in [0.717, 1.165) is 27.1 Å². The lowest BCUT2D eigenvalue weighted by Gasteiger charge is -2.10. The Bertz CT molecular complexity index is 807. The first-order valence-corrected chi connectivity index (χ1v) is 7.65. The first-order valence-electron chi connectivity index (χ1n) is 6.86. The minimum atomic E-state index is -0.196. The average molecular weight is 360 g/mol. The van der Waals surface area contributed by atoms with Gasteiger partial charge >= 0.3 is 0 Å². The molecule has 112 valence electrons. The topological polar surface area (TPSA) is 29.9 Å². The standard InChI is InChI=1S/C17H15BrFN3/c1-11-8-14(6-7-16(11)19)21-13-5-3-4-12(9-13)17-15(18)10-20-22(17)2/h3-10,21H,1-2H3. The van der Waals surface area contributed by atoms with Crippen LogP contribution in [0.5, 0.6) is 0 Å². The molecule has 3 rings (SSSR count). The van der Waals surface area contributed by atoms with Crippen LogP contribution in [0.25, 0.3) is 11.3 Å². The highest BCUT2D eigenvalue weighted by Gasteiger charge is 2.09. The van der Waals surface area contributed by atoms with Gasteiger partial charge in [-0.2, -0.15) is 5.10 Å². The Labute approximate surface area is 136 Å². The zero-order valence-corrected chi connectivity index (χ0v) is 13.9. The molecule has 0 amide bonds. The minimum absolute atomic E-state index is 0.196. The van der Waals surface area contributed by atoms with E-state index in [1.54, 1.807) is 25.3 Å². The Morgan fingerprint density at radius 3 is 2.59 bits per heavy atom. The number of halogens is 2. The van der Waals surface area contributed by atoms with Crippen molar-refractivity contribution in [1.82, 2.24) is 9.78 Å². The molecule has 0 saturated carbocycles. The number of nitrogens with zero attached hydrogens (tertiary/aromatic N) is 2. The van der Waals surface area contributed by atoms with Gasteiger partial charge in [0, 0.05) is 24.0 Å². The molecule has 2 aromatic carbocycles. The number of benzene rings is 2. The van der Waals surface area contributed by atoms with Gasteiger partial charge in [0.25, 0.3) is 0 Å². The summed E-state index contributed by atoms with van der Waals surface area (Å²) in [5.74, 6) is -0.196. The maximum Gasteiger partial charge on any atom is 0.126 e. The molecule has 3 nitrogen and oxygen atoms in total. The van der Waals surface area contributed by atoms with E-state index in [4.69, 9.17) is 0 Å². The summed E-state index contributed by atoms with van der Waals surface area (Å²) >= 11 is 3.52. The van der Waals surface area contributed by atoms with E-state index < -0.39 is 0 Å². The number of nitrogens with one attached hydrogen (secondary N) is 1. The van der Waals surface area contributed by atoms with Crippen molar-refractivity contribution >= 4 is 27.3 Å². The fraction of sp³-hybridized carbons (Fsp3) is 0.118. The number of hydrogen-bond donors (Lipinski definition) is 1. The molecule has 0 fully saturated rings. The third kappa shape index (κ3) is 2.90. The molecule has 1 N–H and O–H groups in total. The highest BCUT2D eigenvalue weighted by molar-refractivity contribution is 9.10. The summed E-state index contributed by atoms with van der Waals surface area (Å²) in [6.07, 6.45) is 1.78. The maximum atomic E-state index is 13.3. The van der Waals surface area contributed by atoms with Gasteiger partial charge < -0.3 is 5.32 Å². The molecule has 0 saturated heterocycles. The zero-order chi connectivity index (χ0) is 15.7. The fourth-order valence-corrected chi connectivity index (χ4v) is 2.95. The van der Waals surface area contributed by atoms with Crippen molar-refractivity contribution in [3.05, 3.63) is 64.5 Å². The SMILES string of the molecule is Cc1cc(Nc2cccc(-c3c(Br)cnn3C)c2)ccc1F. The number of rotatable bonds is 3. The lowest BCUT2D eigenvalue weighted by Crippen LogP contribution is -1.96. The molecule has 0 bridgehead atoms. The lowest BCUT2D eigenvalue weighted by atomic mass is 10.1. The van der Waals surface area contributed by atoms with Gasteiger partial charge in [-0.05, 0) is 58.7 Å². The van der Waals surface area contributed by atoms with Crippen LogP contribution in [-0.4, -0.2) is 9.78 Å². The number of aryl methyl sites for hydroxylation is 2. The van der Waals surface area contributed by atoms with Crippen LogP contribution in [0.15, 0.2) is 53.1 Å². The van der Waals surface area contributed by atoms with Crippen LogP contribution in [0, 0.1) is 12.7 Å². The smallest absolute Gasteiger partial charge is 0.126 e. The van der Waals surface area contributed by atoms with E-state index in [2.05, 4.69) is 26.3 Å². The van der Waals surface area contributed by atoms with Crippen LogP contribution in [-0.2, 0) is 7.05 Å². The summed E-state index contributed by atoms with van der Waals surface area (Å²) in [5.41, 5.74) is 4.49. The molecule has 0 spiro atoms. The third-order valence-corrected chi connectivity index (χ3v) is 4.06.